The van der Waals surface area contributed by atoms with Gasteiger partial charge in [-0.05, 0) is 12.5 Å². The minimum Gasteiger partial charge on any atom is -0.183 e. The minimum absolute atomic E-state index is 0. The van der Waals surface area contributed by atoms with E-state index in [9.17, 15) is 0 Å². The van der Waals surface area contributed by atoms with E-state index in [4.69, 9.17) is 0 Å². The van der Waals surface area contributed by atoms with Crippen LogP contribution in [0, 0.1) is 0 Å². The van der Waals surface area contributed by atoms with Crippen molar-refractivity contribution in [1.82, 2.24) is 0 Å². The van der Waals surface area contributed by atoms with Gasteiger partial charge in [0.05, 0.1) is 0 Å². The molecule has 0 spiro atoms. The maximum atomic E-state index is 3.53. The maximum Gasteiger partial charge on any atom is 0 e. The summed E-state index contributed by atoms with van der Waals surface area (Å²) >= 11 is 7.06. The fourth-order valence-corrected chi connectivity index (χ4v) is 0. The van der Waals surface area contributed by atoms with E-state index < -0.39 is 0 Å². The zero-order valence-electron chi connectivity index (χ0n) is 3.39. The Morgan fingerprint density at radius 2 is 0.800 bits per heavy atom. The first-order chi connectivity index (χ1) is 2.00. The van der Waals surface area contributed by atoms with Gasteiger partial charge in [-0.2, -0.15) is 25.3 Å². The van der Waals surface area contributed by atoms with Crippen LogP contribution in [0.25, 0.3) is 0 Å². The van der Waals surface area contributed by atoms with E-state index in [0.29, 0.717) is 0 Å². The predicted molar refractivity (Wildman–Crippen MR) is 35.6 cm³/mol. The Labute approximate surface area is 64.7 Å². The largest absolute Gasteiger partial charge is 0.183 e. The average molecular weight is 303 g/mol. The minimum atomic E-state index is 0. The molecule has 4 radical (unpaired) electrons. The second-order valence-electron chi connectivity index (χ2n) is 0. The third kappa shape index (κ3) is 28.0. The normalized spacial score (nSPS) is 2.40. The molecule has 0 rings (SSSR count). The third-order valence-electron chi connectivity index (χ3n) is 0. The Hall–Kier alpha value is 1.62. The van der Waals surface area contributed by atoms with Crippen LogP contribution >= 0.6 is 25.3 Å². The van der Waals surface area contributed by atoms with Crippen molar-refractivity contribution in [2.24, 2.45) is 0 Å². The molecule has 0 fully saturated rings. The van der Waals surface area contributed by atoms with Crippen LogP contribution in [0.4, 0.5) is 0 Å². The second-order valence-corrected chi connectivity index (χ2v) is 0. The van der Waals surface area contributed by atoms with Crippen molar-refractivity contribution in [2.75, 3.05) is 12.5 Å². The standard InChI is InChI=1S/2CH4S.Pb/c2*1-2;/h2*2H,1H3;. The monoisotopic (exact) mass is 304 g/mol. The summed E-state index contributed by atoms with van der Waals surface area (Å²) in [4.78, 5) is 0. The quantitative estimate of drug-likeness (QED) is 0.478. The maximum absolute atomic E-state index is 3.53. The van der Waals surface area contributed by atoms with E-state index in [0.717, 1.165) is 0 Å². The number of hydrogen-bond donors (Lipinski definition) is 2. The molecule has 32 valence electrons. The summed E-state index contributed by atoms with van der Waals surface area (Å²) in [5.74, 6) is 0. The van der Waals surface area contributed by atoms with E-state index in [1.54, 1.807) is 12.5 Å². The Bertz CT molecular complexity index is 7.61. The first kappa shape index (κ1) is 16.0. The van der Waals surface area contributed by atoms with Crippen molar-refractivity contribution in [3.8, 4) is 0 Å². The molecule has 0 atom stereocenters. The van der Waals surface area contributed by atoms with Crippen molar-refractivity contribution in [3.63, 3.8) is 0 Å². The molecule has 0 saturated carbocycles. The van der Waals surface area contributed by atoms with Gasteiger partial charge in [0.2, 0.25) is 0 Å². The van der Waals surface area contributed by atoms with E-state index in [-0.39, 0.29) is 27.3 Å². The molecule has 0 bridgehead atoms. The molecule has 0 unspecified atom stereocenters. The summed E-state index contributed by atoms with van der Waals surface area (Å²) in [6, 6.07) is 0. The molecule has 0 aromatic rings. The molecule has 0 amide bonds. The molecule has 0 heterocycles. The van der Waals surface area contributed by atoms with Crippen LogP contribution in [0.2, 0.25) is 0 Å². The van der Waals surface area contributed by atoms with Gasteiger partial charge in [-0.15, -0.1) is 0 Å². The summed E-state index contributed by atoms with van der Waals surface area (Å²) < 4.78 is 0. The molecule has 0 saturated heterocycles. The van der Waals surface area contributed by atoms with Crippen LogP contribution in [0.1, 0.15) is 0 Å². The van der Waals surface area contributed by atoms with Gasteiger partial charge >= 0.3 is 0 Å². The van der Waals surface area contributed by atoms with E-state index in [2.05, 4.69) is 25.3 Å². The first-order valence-corrected chi connectivity index (χ1v) is 2.68. The van der Waals surface area contributed by atoms with Crippen molar-refractivity contribution in [1.29, 1.82) is 0 Å². The number of rotatable bonds is 0. The van der Waals surface area contributed by atoms with Crippen molar-refractivity contribution < 1.29 is 0 Å². The molecule has 3 heteroatoms. The van der Waals surface area contributed by atoms with Gasteiger partial charge in [0, 0.05) is 27.3 Å². The SMILES string of the molecule is CS.CS.[Pb]. The fraction of sp³-hybridized carbons (Fsp3) is 1.00. The smallest absolute Gasteiger partial charge is 0 e. The van der Waals surface area contributed by atoms with E-state index >= 15 is 0 Å². The molecule has 0 nitrogen and oxygen atoms in total. The molecule has 5 heavy (non-hydrogen) atoms. The Morgan fingerprint density at radius 1 is 0.800 bits per heavy atom. The summed E-state index contributed by atoms with van der Waals surface area (Å²) in [5, 5.41) is 0. The van der Waals surface area contributed by atoms with Crippen LogP contribution in [-0.2, 0) is 0 Å². The second kappa shape index (κ2) is 45.6. The predicted octanol–water partition coefficient (Wildman–Crippen LogP) is 0.711. The van der Waals surface area contributed by atoms with Crippen LogP contribution < -0.4 is 0 Å². The topological polar surface area (TPSA) is 0 Å². The third-order valence-corrected chi connectivity index (χ3v) is 0. The average Bonchev–Trinajstić information content (AvgIpc) is 1.50. The number of thiol groups is 2. The summed E-state index contributed by atoms with van der Waals surface area (Å²) in [6.07, 6.45) is 3.39. The molecule has 0 aliphatic rings. The summed E-state index contributed by atoms with van der Waals surface area (Å²) in [6.45, 7) is 0. The van der Waals surface area contributed by atoms with Gasteiger partial charge < -0.3 is 0 Å². The van der Waals surface area contributed by atoms with Gasteiger partial charge in [0.25, 0.3) is 0 Å². The summed E-state index contributed by atoms with van der Waals surface area (Å²) in [5.41, 5.74) is 0. The van der Waals surface area contributed by atoms with Crippen molar-refractivity contribution in [2.45, 2.75) is 0 Å². The molecule has 0 aromatic carbocycles. The van der Waals surface area contributed by atoms with Crippen LogP contribution in [0.5, 0.6) is 0 Å². The first-order valence-electron chi connectivity index (χ1n) is 0.894. The molecule has 0 aliphatic heterocycles. The Kier molecular flexibility index (Phi) is 146. The molecule has 0 aromatic heterocycles. The molecule has 0 aliphatic carbocycles. The van der Waals surface area contributed by atoms with Crippen LogP contribution in [-0.4, -0.2) is 39.8 Å². The van der Waals surface area contributed by atoms with Crippen LogP contribution in [0.3, 0.4) is 0 Å². The van der Waals surface area contributed by atoms with Gasteiger partial charge in [-0.1, -0.05) is 0 Å². The van der Waals surface area contributed by atoms with Gasteiger partial charge in [-0.3, -0.25) is 0 Å². The van der Waals surface area contributed by atoms with Crippen molar-refractivity contribution in [3.05, 3.63) is 0 Å². The van der Waals surface area contributed by atoms with Gasteiger partial charge in [0.1, 0.15) is 0 Å². The molecular formula is C2H8PbS2. The Morgan fingerprint density at radius 3 is 0.800 bits per heavy atom. The van der Waals surface area contributed by atoms with Crippen molar-refractivity contribution >= 4 is 52.6 Å². The zero-order valence-corrected chi connectivity index (χ0v) is 9.07. The van der Waals surface area contributed by atoms with E-state index in [1.165, 1.54) is 0 Å². The van der Waals surface area contributed by atoms with Crippen LogP contribution in [0.15, 0.2) is 0 Å². The summed E-state index contributed by atoms with van der Waals surface area (Å²) in [7, 11) is 0. The molecule has 0 N–H and O–H groups in total. The Balaban J connectivity index is -0.0000000133. The zero-order chi connectivity index (χ0) is 4.00. The van der Waals surface area contributed by atoms with Gasteiger partial charge in [-0.25, -0.2) is 0 Å². The van der Waals surface area contributed by atoms with Gasteiger partial charge in [0.15, 0.2) is 0 Å². The molecular weight excluding hydrogens is 295 g/mol. The number of hydrogen-bond acceptors (Lipinski definition) is 2. The van der Waals surface area contributed by atoms with E-state index in [1.807, 2.05) is 0 Å². The fourth-order valence-electron chi connectivity index (χ4n) is 0.